The molecular formula is C32H38N2O2. The molecule has 1 aliphatic carbocycles. The van der Waals surface area contributed by atoms with E-state index in [9.17, 15) is 10.2 Å². The molecule has 2 heterocycles. The highest BCUT2D eigenvalue weighted by Gasteiger charge is 2.33. The number of likely N-dealkylation sites (N-methyl/N-ethyl adjacent to an activating group) is 2. The van der Waals surface area contributed by atoms with Crippen LogP contribution in [0.2, 0.25) is 0 Å². The maximum Gasteiger partial charge on any atom is 0.137 e. The van der Waals surface area contributed by atoms with E-state index < -0.39 is 0 Å². The molecule has 5 rings (SSSR count). The minimum atomic E-state index is 0.169. The van der Waals surface area contributed by atoms with E-state index in [2.05, 4.69) is 79.3 Å². The Hall–Kier alpha value is -3.40. The summed E-state index contributed by atoms with van der Waals surface area (Å²) in [6.07, 6.45) is 5.50. The van der Waals surface area contributed by atoms with Gasteiger partial charge in [0.15, 0.2) is 0 Å². The molecule has 0 saturated heterocycles. The quantitative estimate of drug-likeness (QED) is 0.473. The van der Waals surface area contributed by atoms with E-state index in [1.54, 1.807) is 0 Å². The van der Waals surface area contributed by atoms with Crippen LogP contribution in [-0.2, 0) is 12.8 Å². The Balaban J connectivity index is 1.46. The molecule has 2 aromatic carbocycles. The maximum atomic E-state index is 11.0. The van der Waals surface area contributed by atoms with Crippen LogP contribution in [0.3, 0.4) is 0 Å². The molecule has 0 amide bonds. The molecule has 0 radical (unpaired) electrons. The van der Waals surface area contributed by atoms with E-state index >= 15 is 0 Å². The van der Waals surface area contributed by atoms with E-state index in [-0.39, 0.29) is 11.5 Å². The number of benzene rings is 2. The Bertz CT molecular complexity index is 1370. The number of allylic oxidation sites excluding steroid dienone is 4. The Labute approximate surface area is 215 Å². The zero-order valence-corrected chi connectivity index (χ0v) is 23.4. The maximum absolute atomic E-state index is 11.0. The van der Waals surface area contributed by atoms with Crippen molar-refractivity contribution in [3.8, 4) is 0 Å². The fourth-order valence-electron chi connectivity index (χ4n) is 6.32. The van der Waals surface area contributed by atoms with Gasteiger partial charge in [0.25, 0.3) is 0 Å². The monoisotopic (exact) mass is 482 g/mol. The summed E-state index contributed by atoms with van der Waals surface area (Å²) >= 11 is 0. The van der Waals surface area contributed by atoms with Crippen LogP contribution in [0.1, 0.15) is 55.6 Å². The molecule has 0 bridgehead atoms. The fraction of sp³-hybridized carbons (Fsp3) is 0.375. The Morgan fingerprint density at radius 3 is 1.14 bits per heavy atom. The lowest BCUT2D eigenvalue weighted by Crippen LogP contribution is -2.17. The first-order chi connectivity index (χ1) is 16.9. The third-order valence-corrected chi connectivity index (χ3v) is 9.45. The van der Waals surface area contributed by atoms with Gasteiger partial charge in [-0.25, -0.2) is 0 Å². The largest absolute Gasteiger partial charge is 0.506 e. The minimum Gasteiger partial charge on any atom is -0.506 e. The molecule has 0 aromatic heterocycles. The highest BCUT2D eigenvalue weighted by Crippen LogP contribution is 2.45. The smallest absolute Gasteiger partial charge is 0.137 e. The van der Waals surface area contributed by atoms with Crippen molar-refractivity contribution in [2.45, 2.75) is 68.2 Å². The van der Waals surface area contributed by atoms with Gasteiger partial charge in [0.05, 0.1) is 11.1 Å². The van der Waals surface area contributed by atoms with Crippen LogP contribution in [0.25, 0.3) is 0 Å². The molecule has 0 spiro atoms. The molecule has 36 heavy (non-hydrogen) atoms. The lowest BCUT2D eigenvalue weighted by atomic mass is 9.90. The Kier molecular flexibility index (Phi) is 5.44. The van der Waals surface area contributed by atoms with Gasteiger partial charge in [0, 0.05) is 49.7 Å². The van der Waals surface area contributed by atoms with Gasteiger partial charge in [0.2, 0.25) is 0 Å². The molecule has 0 saturated carbocycles. The van der Waals surface area contributed by atoms with Crippen LogP contribution in [0.5, 0.6) is 0 Å². The zero-order chi connectivity index (χ0) is 26.4. The van der Waals surface area contributed by atoms with Gasteiger partial charge < -0.3 is 20.0 Å². The van der Waals surface area contributed by atoms with Gasteiger partial charge in [-0.2, -0.15) is 0 Å². The van der Waals surface area contributed by atoms with E-state index in [4.69, 9.17) is 0 Å². The van der Waals surface area contributed by atoms with Crippen molar-refractivity contribution < 1.29 is 10.2 Å². The summed E-state index contributed by atoms with van der Waals surface area (Å²) < 4.78 is 0. The van der Waals surface area contributed by atoms with Crippen LogP contribution in [0.15, 0.2) is 46.2 Å². The number of hydrogen-bond acceptors (Lipinski definition) is 4. The van der Waals surface area contributed by atoms with Crippen molar-refractivity contribution in [1.29, 1.82) is 0 Å². The van der Waals surface area contributed by atoms with E-state index in [0.717, 1.165) is 24.2 Å². The first-order valence-corrected chi connectivity index (χ1v) is 12.8. The van der Waals surface area contributed by atoms with Gasteiger partial charge in [0.1, 0.15) is 11.5 Å². The fourth-order valence-corrected chi connectivity index (χ4v) is 6.32. The lowest BCUT2D eigenvalue weighted by molar-refractivity contribution is 0.354. The van der Waals surface area contributed by atoms with Gasteiger partial charge in [-0.1, -0.05) is 0 Å². The molecule has 2 N–H and O–H groups in total. The van der Waals surface area contributed by atoms with Crippen LogP contribution in [-0.4, -0.2) is 24.3 Å². The van der Waals surface area contributed by atoms with Crippen LogP contribution in [0, 0.1) is 55.4 Å². The van der Waals surface area contributed by atoms with Crippen molar-refractivity contribution in [2.24, 2.45) is 0 Å². The molecule has 3 aliphatic rings. The predicted molar refractivity (Wildman–Crippen MR) is 150 cm³/mol. The predicted octanol–water partition coefficient (Wildman–Crippen LogP) is 7.24. The summed E-state index contributed by atoms with van der Waals surface area (Å²) in [7, 11) is 4.16. The van der Waals surface area contributed by atoms with E-state index in [0.29, 0.717) is 11.1 Å². The first kappa shape index (κ1) is 24.3. The van der Waals surface area contributed by atoms with Crippen molar-refractivity contribution in [3.63, 3.8) is 0 Å². The standard InChI is InChI=1S/C32H38N2O2/c1-15-17(3)21(7)29-25(19(15)5)11-23(33(29)9)13-27-31(35)28(32(27)36)14-24-12-26-20(6)16(2)18(4)22(8)30(26)34(24)10/h13-14,35-36H,11-12H2,1-10H3. The number of fused-ring (bicyclic) bond motifs is 2. The lowest BCUT2D eigenvalue weighted by Gasteiger charge is -2.24. The highest BCUT2D eigenvalue weighted by molar-refractivity contribution is 5.77. The number of nitrogens with zero attached hydrogens (tertiary/aromatic N) is 2. The summed E-state index contributed by atoms with van der Waals surface area (Å²) in [6.45, 7) is 17.5. The molecule has 0 unspecified atom stereocenters. The summed E-state index contributed by atoms with van der Waals surface area (Å²) in [5.74, 6) is 0.339. The van der Waals surface area contributed by atoms with Crippen LogP contribution >= 0.6 is 0 Å². The van der Waals surface area contributed by atoms with Gasteiger partial charge in [-0.15, -0.1) is 0 Å². The zero-order valence-electron chi connectivity index (χ0n) is 23.4. The molecule has 4 nitrogen and oxygen atoms in total. The number of anilines is 2. The van der Waals surface area contributed by atoms with E-state index in [1.807, 2.05) is 12.2 Å². The second-order valence-corrected chi connectivity index (χ2v) is 10.9. The summed E-state index contributed by atoms with van der Waals surface area (Å²) in [5.41, 5.74) is 19.1. The van der Waals surface area contributed by atoms with Crippen LogP contribution in [0.4, 0.5) is 11.4 Å². The van der Waals surface area contributed by atoms with Gasteiger partial charge in [-0.3, -0.25) is 0 Å². The third kappa shape index (κ3) is 3.13. The highest BCUT2D eigenvalue weighted by atomic mass is 16.3. The minimum absolute atomic E-state index is 0.169. The average Bonchev–Trinajstić information content (AvgIpc) is 3.37. The average molecular weight is 483 g/mol. The Morgan fingerprint density at radius 1 is 0.500 bits per heavy atom. The third-order valence-electron chi connectivity index (χ3n) is 9.45. The molecule has 4 heteroatoms. The molecule has 0 atom stereocenters. The SMILES string of the molecule is Cc1c(C)c(C)c2c(c1C)CC(=CC1=C(O)C(C=C3Cc4c(C)c(C)c(C)c(C)c4N3C)=C1O)N2C. The second kappa shape index (κ2) is 8.06. The molecule has 2 aromatic rings. The second-order valence-electron chi connectivity index (χ2n) is 10.9. The first-order valence-electron chi connectivity index (χ1n) is 12.8. The van der Waals surface area contributed by atoms with Gasteiger partial charge >= 0.3 is 0 Å². The topological polar surface area (TPSA) is 46.9 Å². The molecule has 0 fully saturated rings. The number of aliphatic hydroxyl groups excluding tert-OH is 2. The summed E-state index contributed by atoms with van der Waals surface area (Å²) in [6, 6.07) is 0. The van der Waals surface area contributed by atoms with Gasteiger partial charge in [-0.05, 0) is 123 Å². The molecule has 2 aliphatic heterocycles. The van der Waals surface area contributed by atoms with Crippen molar-refractivity contribution >= 4 is 11.4 Å². The number of aliphatic hydroxyl groups is 2. The van der Waals surface area contributed by atoms with Crippen molar-refractivity contribution in [3.05, 3.63) is 102 Å². The summed E-state index contributed by atoms with van der Waals surface area (Å²) in [5, 5.41) is 22.0. The number of hydrogen-bond donors (Lipinski definition) is 2. The molecule has 188 valence electrons. The summed E-state index contributed by atoms with van der Waals surface area (Å²) in [4.78, 5) is 4.43. The Morgan fingerprint density at radius 2 is 0.806 bits per heavy atom. The van der Waals surface area contributed by atoms with E-state index in [1.165, 1.54) is 67.0 Å². The normalized spacial score (nSPS) is 19.2. The number of rotatable bonds is 2. The molecular weight excluding hydrogens is 444 g/mol. The van der Waals surface area contributed by atoms with Crippen molar-refractivity contribution in [2.75, 3.05) is 23.9 Å². The van der Waals surface area contributed by atoms with Crippen LogP contribution < -0.4 is 9.80 Å². The van der Waals surface area contributed by atoms with Crippen molar-refractivity contribution in [1.82, 2.24) is 0 Å².